The van der Waals surface area contributed by atoms with Crippen molar-refractivity contribution in [3.8, 4) is 5.75 Å². The van der Waals surface area contributed by atoms with Crippen LogP contribution in [0, 0.1) is 13.8 Å². The van der Waals surface area contributed by atoms with Crippen molar-refractivity contribution in [3.05, 3.63) is 65.4 Å². The average molecular weight is 348 g/mol. The summed E-state index contributed by atoms with van der Waals surface area (Å²) in [6, 6.07) is 16.0. The third kappa shape index (κ3) is 3.94. The summed E-state index contributed by atoms with van der Waals surface area (Å²) in [7, 11) is 1.66. The molecule has 0 spiro atoms. The van der Waals surface area contributed by atoms with Crippen LogP contribution in [0.2, 0.25) is 0 Å². The molecule has 134 valence electrons. The molecule has 0 fully saturated rings. The van der Waals surface area contributed by atoms with Crippen LogP contribution in [-0.2, 0) is 6.42 Å². The Labute approximate surface area is 154 Å². The summed E-state index contributed by atoms with van der Waals surface area (Å²) >= 11 is 0. The standard InChI is InChI=1S/C21H24N4O/c1-5-16-10-8-9-14(2)20(16)25-21-22-15(3)13-19(24-21)23-17-11-6-7-12-18(17)26-4/h6-13H,5H2,1-4H3,(H2,22,23,24,25). The largest absolute Gasteiger partial charge is 0.495 e. The molecular formula is C21H24N4O. The zero-order valence-electron chi connectivity index (χ0n) is 15.6. The van der Waals surface area contributed by atoms with E-state index in [1.807, 2.05) is 37.3 Å². The molecule has 0 atom stereocenters. The van der Waals surface area contributed by atoms with E-state index in [0.717, 1.165) is 35.1 Å². The highest BCUT2D eigenvalue weighted by atomic mass is 16.5. The molecule has 0 radical (unpaired) electrons. The van der Waals surface area contributed by atoms with Crippen LogP contribution < -0.4 is 15.4 Å². The van der Waals surface area contributed by atoms with E-state index in [-0.39, 0.29) is 0 Å². The molecule has 0 aliphatic rings. The Balaban J connectivity index is 1.91. The maximum atomic E-state index is 5.40. The molecule has 1 aromatic heterocycles. The molecule has 2 aromatic carbocycles. The predicted octanol–water partition coefficient (Wildman–Crippen LogP) is 5.15. The van der Waals surface area contributed by atoms with Crippen molar-refractivity contribution in [1.29, 1.82) is 0 Å². The van der Waals surface area contributed by atoms with Gasteiger partial charge in [0.15, 0.2) is 0 Å². The molecule has 0 aliphatic heterocycles. The van der Waals surface area contributed by atoms with Crippen LogP contribution >= 0.6 is 0 Å². The molecule has 5 heteroatoms. The number of methoxy groups -OCH3 is 1. The van der Waals surface area contributed by atoms with E-state index in [0.29, 0.717) is 5.95 Å². The Bertz CT molecular complexity index is 908. The van der Waals surface area contributed by atoms with Gasteiger partial charge in [-0.3, -0.25) is 0 Å². The second-order valence-corrected chi connectivity index (χ2v) is 6.13. The van der Waals surface area contributed by atoms with Crippen molar-refractivity contribution >= 4 is 23.1 Å². The number of nitrogens with zero attached hydrogens (tertiary/aromatic N) is 2. The number of para-hydroxylation sites is 3. The van der Waals surface area contributed by atoms with Gasteiger partial charge in [0.1, 0.15) is 11.6 Å². The quantitative estimate of drug-likeness (QED) is 0.645. The lowest BCUT2D eigenvalue weighted by Crippen LogP contribution is -2.05. The zero-order valence-corrected chi connectivity index (χ0v) is 15.6. The van der Waals surface area contributed by atoms with Gasteiger partial charge < -0.3 is 15.4 Å². The minimum atomic E-state index is 0.575. The Kier molecular flexibility index (Phi) is 5.37. The van der Waals surface area contributed by atoms with Crippen LogP contribution in [0.3, 0.4) is 0 Å². The molecule has 0 bridgehead atoms. The number of ether oxygens (including phenoxy) is 1. The van der Waals surface area contributed by atoms with Crippen molar-refractivity contribution in [2.75, 3.05) is 17.7 Å². The van der Waals surface area contributed by atoms with Gasteiger partial charge in [-0.2, -0.15) is 4.98 Å². The maximum Gasteiger partial charge on any atom is 0.229 e. The minimum absolute atomic E-state index is 0.575. The summed E-state index contributed by atoms with van der Waals surface area (Å²) in [5, 5.41) is 6.71. The van der Waals surface area contributed by atoms with Gasteiger partial charge in [0.05, 0.1) is 12.8 Å². The smallest absolute Gasteiger partial charge is 0.229 e. The fraction of sp³-hybridized carbons (Fsp3) is 0.238. The number of anilines is 4. The zero-order chi connectivity index (χ0) is 18.5. The van der Waals surface area contributed by atoms with Gasteiger partial charge in [-0.05, 0) is 43.5 Å². The maximum absolute atomic E-state index is 5.40. The number of nitrogens with one attached hydrogen (secondary N) is 2. The average Bonchev–Trinajstić information content (AvgIpc) is 2.63. The number of hydrogen-bond acceptors (Lipinski definition) is 5. The van der Waals surface area contributed by atoms with Gasteiger partial charge in [-0.15, -0.1) is 0 Å². The van der Waals surface area contributed by atoms with E-state index in [9.17, 15) is 0 Å². The first-order chi connectivity index (χ1) is 12.6. The third-order valence-corrected chi connectivity index (χ3v) is 4.20. The molecule has 5 nitrogen and oxygen atoms in total. The van der Waals surface area contributed by atoms with Crippen LogP contribution in [0.5, 0.6) is 5.75 Å². The number of hydrogen-bond donors (Lipinski definition) is 2. The summed E-state index contributed by atoms with van der Waals surface area (Å²) in [6.45, 7) is 6.19. The van der Waals surface area contributed by atoms with E-state index in [4.69, 9.17) is 4.74 Å². The summed E-state index contributed by atoms with van der Waals surface area (Å²) in [4.78, 5) is 9.16. The molecule has 26 heavy (non-hydrogen) atoms. The number of benzene rings is 2. The van der Waals surface area contributed by atoms with E-state index in [1.165, 1.54) is 11.1 Å². The van der Waals surface area contributed by atoms with Crippen molar-refractivity contribution in [3.63, 3.8) is 0 Å². The Morgan fingerprint density at radius 2 is 1.77 bits per heavy atom. The van der Waals surface area contributed by atoms with Gasteiger partial charge in [-0.1, -0.05) is 37.3 Å². The number of aromatic nitrogens is 2. The minimum Gasteiger partial charge on any atom is -0.495 e. The van der Waals surface area contributed by atoms with Crippen LogP contribution in [-0.4, -0.2) is 17.1 Å². The van der Waals surface area contributed by atoms with Gasteiger partial charge in [-0.25, -0.2) is 4.98 Å². The summed E-state index contributed by atoms with van der Waals surface area (Å²) in [6.07, 6.45) is 0.947. The predicted molar refractivity (Wildman–Crippen MR) is 107 cm³/mol. The van der Waals surface area contributed by atoms with E-state index < -0.39 is 0 Å². The molecule has 3 aromatic rings. The van der Waals surface area contributed by atoms with Crippen molar-refractivity contribution < 1.29 is 4.74 Å². The van der Waals surface area contributed by atoms with Gasteiger partial charge in [0, 0.05) is 17.4 Å². The van der Waals surface area contributed by atoms with Gasteiger partial charge in [0.25, 0.3) is 0 Å². The Morgan fingerprint density at radius 3 is 2.54 bits per heavy atom. The normalized spacial score (nSPS) is 10.5. The molecule has 1 heterocycles. The molecule has 3 rings (SSSR count). The van der Waals surface area contributed by atoms with Crippen LogP contribution in [0.4, 0.5) is 23.1 Å². The molecule has 0 amide bonds. The lowest BCUT2D eigenvalue weighted by molar-refractivity contribution is 0.417. The lowest BCUT2D eigenvalue weighted by Gasteiger charge is -2.15. The first-order valence-corrected chi connectivity index (χ1v) is 8.72. The number of rotatable bonds is 6. The van der Waals surface area contributed by atoms with Gasteiger partial charge in [0.2, 0.25) is 5.95 Å². The van der Waals surface area contributed by atoms with Crippen LogP contribution in [0.1, 0.15) is 23.7 Å². The lowest BCUT2D eigenvalue weighted by atomic mass is 10.1. The molecule has 0 unspecified atom stereocenters. The van der Waals surface area contributed by atoms with Gasteiger partial charge >= 0.3 is 0 Å². The Morgan fingerprint density at radius 1 is 0.962 bits per heavy atom. The van der Waals surface area contributed by atoms with Crippen molar-refractivity contribution in [1.82, 2.24) is 9.97 Å². The molecule has 0 saturated carbocycles. The highest BCUT2D eigenvalue weighted by molar-refractivity contribution is 5.67. The summed E-state index contributed by atoms with van der Waals surface area (Å²) in [5.74, 6) is 2.06. The first kappa shape index (κ1) is 17.7. The van der Waals surface area contributed by atoms with Crippen LogP contribution in [0.25, 0.3) is 0 Å². The summed E-state index contributed by atoms with van der Waals surface area (Å²) in [5.41, 5.74) is 5.24. The third-order valence-electron chi connectivity index (χ3n) is 4.20. The van der Waals surface area contributed by atoms with E-state index >= 15 is 0 Å². The highest BCUT2D eigenvalue weighted by Crippen LogP contribution is 2.28. The monoisotopic (exact) mass is 348 g/mol. The van der Waals surface area contributed by atoms with Crippen LogP contribution in [0.15, 0.2) is 48.5 Å². The molecule has 2 N–H and O–H groups in total. The summed E-state index contributed by atoms with van der Waals surface area (Å²) < 4.78 is 5.40. The second-order valence-electron chi connectivity index (χ2n) is 6.13. The molecule has 0 aliphatic carbocycles. The van der Waals surface area contributed by atoms with E-state index in [2.05, 4.69) is 52.6 Å². The van der Waals surface area contributed by atoms with E-state index in [1.54, 1.807) is 7.11 Å². The first-order valence-electron chi connectivity index (χ1n) is 8.72. The Hall–Kier alpha value is -3.08. The number of aryl methyl sites for hydroxylation is 3. The molecular weight excluding hydrogens is 324 g/mol. The topological polar surface area (TPSA) is 59.1 Å². The fourth-order valence-electron chi connectivity index (χ4n) is 2.89. The van der Waals surface area contributed by atoms with Crippen molar-refractivity contribution in [2.45, 2.75) is 27.2 Å². The fourth-order valence-corrected chi connectivity index (χ4v) is 2.89. The SMILES string of the molecule is CCc1cccc(C)c1Nc1nc(C)cc(Nc2ccccc2OC)n1. The molecule has 0 saturated heterocycles. The van der Waals surface area contributed by atoms with Crippen molar-refractivity contribution in [2.24, 2.45) is 0 Å². The second kappa shape index (κ2) is 7.87. The highest BCUT2D eigenvalue weighted by Gasteiger charge is 2.09.